The first-order chi connectivity index (χ1) is 12.0. The molecule has 0 aromatic heterocycles. The van der Waals surface area contributed by atoms with Gasteiger partial charge in [-0.2, -0.15) is 0 Å². The number of nitrogens with zero attached hydrogens (tertiary/aromatic N) is 3. The summed E-state index contributed by atoms with van der Waals surface area (Å²) in [5.74, 6) is -0.138. The van der Waals surface area contributed by atoms with Crippen LogP contribution in [0.1, 0.15) is 41.5 Å². The number of hydrogen-bond donors (Lipinski definition) is 0. The Kier molecular flexibility index (Phi) is 7.06. The molecular weight excluding hydrogens is 406 g/mol. The number of carbonyl (C=O) groups excluding carboxylic acids is 2. The smallest absolute Gasteiger partial charge is 0.267 e. The lowest BCUT2D eigenvalue weighted by molar-refractivity contribution is -0.125. The van der Waals surface area contributed by atoms with E-state index in [1.807, 2.05) is 46.4 Å². The van der Waals surface area contributed by atoms with Gasteiger partial charge in [-0.15, -0.1) is 0 Å². The molecule has 2 heterocycles. The standard InChI is InChI=1S/C17H23N3O2S4/c1-9(2)12-14(21)19(16(23)25-12)7-18(11(5)6)8-20-15(22)13(10(3)4)26-17(20)24/h11H,7-8H2,1-6H3. The fourth-order valence-corrected chi connectivity index (χ4v) is 4.83. The van der Waals surface area contributed by atoms with Gasteiger partial charge < -0.3 is 0 Å². The highest BCUT2D eigenvalue weighted by Crippen LogP contribution is 2.35. The predicted molar refractivity (Wildman–Crippen MR) is 118 cm³/mol. The molecule has 0 bridgehead atoms. The molecule has 0 aromatic carbocycles. The van der Waals surface area contributed by atoms with E-state index in [0.29, 0.717) is 31.8 Å². The van der Waals surface area contributed by atoms with Crippen LogP contribution in [0.25, 0.3) is 0 Å². The lowest BCUT2D eigenvalue weighted by Crippen LogP contribution is -2.49. The molecule has 0 aromatic rings. The third-order valence-electron chi connectivity index (χ3n) is 3.98. The topological polar surface area (TPSA) is 43.9 Å². The van der Waals surface area contributed by atoms with Crippen LogP contribution in [0.4, 0.5) is 0 Å². The van der Waals surface area contributed by atoms with E-state index in [9.17, 15) is 9.59 Å². The zero-order chi connectivity index (χ0) is 19.8. The summed E-state index contributed by atoms with van der Waals surface area (Å²) >= 11 is 13.4. The Balaban J connectivity index is 2.19. The van der Waals surface area contributed by atoms with Crippen LogP contribution < -0.4 is 0 Å². The van der Waals surface area contributed by atoms with Crippen molar-refractivity contribution in [3.8, 4) is 0 Å². The lowest BCUT2D eigenvalue weighted by atomic mass is 10.3. The summed E-state index contributed by atoms with van der Waals surface area (Å²) in [6.07, 6.45) is 0. The summed E-state index contributed by atoms with van der Waals surface area (Å²) in [4.78, 5) is 31.9. The Morgan fingerprint density at radius 2 is 1.23 bits per heavy atom. The van der Waals surface area contributed by atoms with Crippen LogP contribution >= 0.6 is 48.0 Å². The average Bonchev–Trinajstić information content (AvgIpc) is 2.98. The molecule has 0 unspecified atom stereocenters. The van der Waals surface area contributed by atoms with Gasteiger partial charge in [0.15, 0.2) is 0 Å². The van der Waals surface area contributed by atoms with Crippen molar-refractivity contribution in [2.24, 2.45) is 0 Å². The van der Waals surface area contributed by atoms with Crippen molar-refractivity contribution in [1.82, 2.24) is 14.7 Å². The van der Waals surface area contributed by atoms with Crippen LogP contribution in [0.2, 0.25) is 0 Å². The number of thioether (sulfide) groups is 2. The highest BCUT2D eigenvalue weighted by Gasteiger charge is 2.37. The van der Waals surface area contributed by atoms with E-state index in [1.54, 1.807) is 9.80 Å². The predicted octanol–water partition coefficient (Wildman–Crippen LogP) is 3.92. The van der Waals surface area contributed by atoms with Gasteiger partial charge in [0, 0.05) is 6.04 Å². The van der Waals surface area contributed by atoms with E-state index >= 15 is 0 Å². The number of rotatable bonds is 5. The van der Waals surface area contributed by atoms with Gasteiger partial charge in [-0.25, -0.2) is 0 Å². The second-order valence-electron chi connectivity index (χ2n) is 6.83. The first-order valence-electron chi connectivity index (χ1n) is 8.21. The zero-order valence-electron chi connectivity index (χ0n) is 15.8. The zero-order valence-corrected chi connectivity index (χ0v) is 19.0. The maximum Gasteiger partial charge on any atom is 0.267 e. The van der Waals surface area contributed by atoms with Gasteiger partial charge in [0.25, 0.3) is 11.8 Å². The fourth-order valence-electron chi connectivity index (χ4n) is 2.39. The molecule has 2 aliphatic heterocycles. The number of carbonyl (C=O) groups is 2. The molecule has 142 valence electrons. The molecule has 0 aliphatic carbocycles. The van der Waals surface area contributed by atoms with Crippen molar-refractivity contribution in [3.63, 3.8) is 0 Å². The molecule has 9 heteroatoms. The minimum absolute atomic E-state index is 0.0691. The van der Waals surface area contributed by atoms with Crippen LogP contribution in [-0.2, 0) is 9.59 Å². The van der Waals surface area contributed by atoms with Crippen molar-refractivity contribution in [2.45, 2.75) is 47.6 Å². The number of hydrogen-bond acceptors (Lipinski definition) is 7. The van der Waals surface area contributed by atoms with Gasteiger partial charge in [-0.3, -0.25) is 24.3 Å². The summed E-state index contributed by atoms with van der Waals surface area (Å²) < 4.78 is 1.10. The molecule has 2 amide bonds. The minimum Gasteiger partial charge on any atom is -0.279 e. The molecule has 0 N–H and O–H groups in total. The third kappa shape index (κ3) is 4.39. The summed E-state index contributed by atoms with van der Waals surface area (Å²) in [6, 6.07) is 0.114. The Labute approximate surface area is 174 Å². The van der Waals surface area contributed by atoms with Gasteiger partial charge >= 0.3 is 0 Å². The first kappa shape index (κ1) is 21.6. The molecule has 0 atom stereocenters. The molecule has 2 aliphatic rings. The maximum atomic E-state index is 12.6. The van der Waals surface area contributed by atoms with Crippen molar-refractivity contribution in [1.29, 1.82) is 0 Å². The normalized spacial score (nSPS) is 18.3. The summed E-state index contributed by atoms with van der Waals surface area (Å²) in [7, 11) is 0. The van der Waals surface area contributed by atoms with Crippen molar-refractivity contribution in [2.75, 3.05) is 13.3 Å². The lowest BCUT2D eigenvalue weighted by Gasteiger charge is -2.33. The molecule has 26 heavy (non-hydrogen) atoms. The molecule has 5 nitrogen and oxygen atoms in total. The van der Waals surface area contributed by atoms with E-state index in [-0.39, 0.29) is 17.9 Å². The molecule has 2 fully saturated rings. The molecular formula is C17H23N3O2S4. The van der Waals surface area contributed by atoms with Crippen LogP contribution in [-0.4, -0.2) is 54.5 Å². The molecule has 0 spiro atoms. The van der Waals surface area contributed by atoms with E-state index in [2.05, 4.69) is 0 Å². The van der Waals surface area contributed by atoms with Crippen LogP contribution in [0.15, 0.2) is 21.0 Å². The largest absolute Gasteiger partial charge is 0.279 e. The fraction of sp³-hybridized carbons (Fsp3) is 0.529. The number of allylic oxidation sites excluding steroid dienone is 2. The Morgan fingerprint density at radius 1 is 0.885 bits per heavy atom. The second kappa shape index (κ2) is 8.52. The van der Waals surface area contributed by atoms with Gasteiger partial charge in [0.1, 0.15) is 8.64 Å². The minimum atomic E-state index is -0.0691. The van der Waals surface area contributed by atoms with Crippen molar-refractivity contribution in [3.05, 3.63) is 21.0 Å². The van der Waals surface area contributed by atoms with Gasteiger partial charge in [0.05, 0.1) is 23.1 Å². The van der Waals surface area contributed by atoms with Crippen LogP contribution in [0, 0.1) is 0 Å². The summed E-state index contributed by atoms with van der Waals surface area (Å²) in [5.41, 5.74) is 1.92. The Hall–Kier alpha value is -0.740. The van der Waals surface area contributed by atoms with Gasteiger partial charge in [0.2, 0.25) is 0 Å². The molecule has 0 saturated carbocycles. The highest BCUT2D eigenvalue weighted by molar-refractivity contribution is 8.27. The Bertz CT molecular complexity index is 676. The molecule has 0 radical (unpaired) electrons. The van der Waals surface area contributed by atoms with Gasteiger partial charge in [-0.1, -0.05) is 59.1 Å². The van der Waals surface area contributed by atoms with E-state index in [1.165, 1.54) is 23.5 Å². The van der Waals surface area contributed by atoms with Crippen molar-refractivity contribution < 1.29 is 9.59 Å². The average molecular weight is 430 g/mol. The second-order valence-corrected chi connectivity index (χ2v) is 10.1. The SMILES string of the molecule is CC(C)=C1SC(=S)N(CN(CN2C(=O)C(=C(C)C)SC2=S)C(C)C)C1=O. The van der Waals surface area contributed by atoms with Crippen LogP contribution in [0.5, 0.6) is 0 Å². The quantitative estimate of drug-likeness (QED) is 0.485. The van der Waals surface area contributed by atoms with E-state index in [4.69, 9.17) is 24.4 Å². The molecule has 2 rings (SSSR count). The maximum absolute atomic E-state index is 12.6. The van der Waals surface area contributed by atoms with Gasteiger partial charge in [-0.05, 0) is 41.5 Å². The first-order valence-corrected chi connectivity index (χ1v) is 10.7. The monoisotopic (exact) mass is 429 g/mol. The highest BCUT2D eigenvalue weighted by atomic mass is 32.2. The Morgan fingerprint density at radius 3 is 1.46 bits per heavy atom. The summed E-state index contributed by atoms with van der Waals surface area (Å²) in [5, 5.41) is 0. The van der Waals surface area contributed by atoms with E-state index < -0.39 is 0 Å². The van der Waals surface area contributed by atoms with Crippen LogP contribution in [0.3, 0.4) is 0 Å². The summed E-state index contributed by atoms with van der Waals surface area (Å²) in [6.45, 7) is 12.4. The van der Waals surface area contributed by atoms with E-state index in [0.717, 1.165) is 11.1 Å². The third-order valence-corrected chi connectivity index (χ3v) is 7.29. The molecule has 2 saturated heterocycles. The number of amides is 2. The van der Waals surface area contributed by atoms with Crippen molar-refractivity contribution >= 4 is 68.4 Å². The number of thiocarbonyl (C=S) groups is 2.